The van der Waals surface area contributed by atoms with Gasteiger partial charge >= 0.3 is 0 Å². The van der Waals surface area contributed by atoms with Gasteiger partial charge in [0, 0.05) is 12.1 Å². The molecule has 5 nitrogen and oxygen atoms in total. The number of rotatable bonds is 2. The first kappa shape index (κ1) is 12.3. The van der Waals surface area contributed by atoms with E-state index < -0.39 is 5.41 Å². The van der Waals surface area contributed by atoms with Gasteiger partial charge in [-0.15, -0.1) is 0 Å². The maximum Gasteiger partial charge on any atom is 0.230 e. The first-order valence-electron chi connectivity index (χ1n) is 6.12. The average molecular weight is 237 g/mol. The Morgan fingerprint density at radius 3 is 2.94 bits per heavy atom. The van der Waals surface area contributed by atoms with Gasteiger partial charge in [0.2, 0.25) is 5.91 Å². The number of ether oxygens (including phenoxy) is 1. The molecule has 1 amide bonds. The first-order valence-corrected chi connectivity index (χ1v) is 6.12. The summed E-state index contributed by atoms with van der Waals surface area (Å²) in [5.41, 5.74) is 5.25. The summed E-state index contributed by atoms with van der Waals surface area (Å²) in [5.74, 6) is -0.129. The molecule has 0 radical (unpaired) electrons. The molecule has 4 atom stereocenters. The minimum atomic E-state index is -0.650. The summed E-state index contributed by atoms with van der Waals surface area (Å²) in [6.45, 7) is 2.62. The number of hydrogen-bond acceptors (Lipinski definition) is 4. The van der Waals surface area contributed by atoms with Crippen LogP contribution in [0.5, 0.6) is 0 Å². The third-order valence-electron chi connectivity index (χ3n) is 4.03. The van der Waals surface area contributed by atoms with Crippen molar-refractivity contribution in [2.24, 2.45) is 17.1 Å². The van der Waals surface area contributed by atoms with Gasteiger partial charge in [-0.05, 0) is 26.2 Å². The van der Waals surface area contributed by atoms with Crippen LogP contribution in [-0.4, -0.2) is 31.2 Å². The van der Waals surface area contributed by atoms with E-state index in [2.05, 4.69) is 11.4 Å². The summed E-state index contributed by atoms with van der Waals surface area (Å²) < 4.78 is 5.26. The lowest BCUT2D eigenvalue weighted by atomic mass is 9.84. The quantitative estimate of drug-likeness (QED) is 0.716. The maximum absolute atomic E-state index is 12.2. The molecule has 1 saturated carbocycles. The zero-order valence-corrected chi connectivity index (χ0v) is 10.1. The standard InChI is InChI=1S/C12H19N3O2/c1-12(7-17-6-10(12)14)11(16)15-9-4-2-3-8(9)5-13/h8-10H,2-4,6-7,14H2,1H3,(H,15,16). The van der Waals surface area contributed by atoms with Crippen LogP contribution >= 0.6 is 0 Å². The van der Waals surface area contributed by atoms with Crippen LogP contribution in [0, 0.1) is 22.7 Å². The predicted molar refractivity (Wildman–Crippen MR) is 61.8 cm³/mol. The Morgan fingerprint density at radius 1 is 1.59 bits per heavy atom. The minimum absolute atomic E-state index is 0.0166. The lowest BCUT2D eigenvalue weighted by Crippen LogP contribution is -2.52. The molecule has 94 valence electrons. The van der Waals surface area contributed by atoms with Crippen molar-refractivity contribution in [1.29, 1.82) is 5.26 Å². The highest BCUT2D eigenvalue weighted by molar-refractivity contribution is 5.84. The second kappa shape index (κ2) is 4.63. The molecule has 2 aliphatic rings. The van der Waals surface area contributed by atoms with Crippen LogP contribution in [0.3, 0.4) is 0 Å². The monoisotopic (exact) mass is 237 g/mol. The van der Waals surface area contributed by atoms with E-state index in [1.807, 2.05) is 6.92 Å². The second-order valence-corrected chi connectivity index (χ2v) is 5.29. The van der Waals surface area contributed by atoms with Crippen LogP contribution in [0.15, 0.2) is 0 Å². The number of carbonyl (C=O) groups is 1. The Bertz CT molecular complexity index is 352. The van der Waals surface area contributed by atoms with Crippen LogP contribution in [0.2, 0.25) is 0 Å². The number of nitrogens with two attached hydrogens (primary N) is 1. The van der Waals surface area contributed by atoms with E-state index in [1.165, 1.54) is 0 Å². The molecule has 0 bridgehead atoms. The van der Waals surface area contributed by atoms with E-state index in [4.69, 9.17) is 15.7 Å². The number of nitriles is 1. The van der Waals surface area contributed by atoms with Crippen molar-refractivity contribution < 1.29 is 9.53 Å². The normalized spacial score (nSPS) is 41.1. The summed E-state index contributed by atoms with van der Waals surface area (Å²) in [4.78, 5) is 12.2. The third kappa shape index (κ3) is 2.15. The van der Waals surface area contributed by atoms with E-state index >= 15 is 0 Å². The largest absolute Gasteiger partial charge is 0.379 e. The lowest BCUT2D eigenvalue weighted by molar-refractivity contribution is -0.131. The van der Waals surface area contributed by atoms with Gasteiger partial charge in [0.05, 0.1) is 30.6 Å². The SMILES string of the molecule is CC1(C(=O)NC2CCCC2C#N)COCC1N. The van der Waals surface area contributed by atoms with Crippen molar-refractivity contribution in [1.82, 2.24) is 5.32 Å². The molecule has 1 heterocycles. The number of nitrogens with zero attached hydrogens (tertiary/aromatic N) is 1. The Morgan fingerprint density at radius 2 is 2.35 bits per heavy atom. The first-order chi connectivity index (χ1) is 8.08. The Hall–Kier alpha value is -1.12. The van der Waals surface area contributed by atoms with Gasteiger partial charge in [0.25, 0.3) is 0 Å². The molecule has 0 aromatic heterocycles. The van der Waals surface area contributed by atoms with Crippen LogP contribution < -0.4 is 11.1 Å². The third-order valence-corrected chi connectivity index (χ3v) is 4.03. The van der Waals surface area contributed by atoms with Crippen LogP contribution in [0.1, 0.15) is 26.2 Å². The number of hydrogen-bond donors (Lipinski definition) is 2. The van der Waals surface area contributed by atoms with Crippen molar-refractivity contribution in [2.75, 3.05) is 13.2 Å². The fourth-order valence-electron chi connectivity index (χ4n) is 2.54. The van der Waals surface area contributed by atoms with Crippen molar-refractivity contribution in [2.45, 2.75) is 38.3 Å². The van der Waals surface area contributed by atoms with Crippen LogP contribution in [0.25, 0.3) is 0 Å². The number of nitrogens with one attached hydrogen (secondary N) is 1. The molecule has 2 rings (SSSR count). The Labute approximate surface area is 101 Å². The van der Waals surface area contributed by atoms with E-state index in [0.717, 1.165) is 19.3 Å². The van der Waals surface area contributed by atoms with Gasteiger partial charge in [0.1, 0.15) is 0 Å². The molecule has 4 unspecified atom stereocenters. The molecule has 0 spiro atoms. The van der Waals surface area contributed by atoms with E-state index in [9.17, 15) is 4.79 Å². The highest BCUT2D eigenvalue weighted by atomic mass is 16.5. The molecule has 1 saturated heterocycles. The summed E-state index contributed by atoms with van der Waals surface area (Å²) >= 11 is 0. The van der Waals surface area contributed by atoms with Gasteiger partial charge in [0.15, 0.2) is 0 Å². The van der Waals surface area contributed by atoms with Crippen molar-refractivity contribution >= 4 is 5.91 Å². The summed E-state index contributed by atoms with van der Waals surface area (Å²) in [6, 6.07) is 1.98. The fourth-order valence-corrected chi connectivity index (χ4v) is 2.54. The maximum atomic E-state index is 12.2. The van der Waals surface area contributed by atoms with Crippen molar-refractivity contribution in [3.63, 3.8) is 0 Å². The molecule has 5 heteroatoms. The Balaban J connectivity index is 2.00. The van der Waals surface area contributed by atoms with E-state index in [-0.39, 0.29) is 23.9 Å². The van der Waals surface area contributed by atoms with E-state index in [1.54, 1.807) is 0 Å². The van der Waals surface area contributed by atoms with E-state index in [0.29, 0.717) is 13.2 Å². The van der Waals surface area contributed by atoms with Gasteiger partial charge < -0.3 is 15.8 Å². The highest BCUT2D eigenvalue weighted by Crippen LogP contribution is 2.30. The second-order valence-electron chi connectivity index (χ2n) is 5.29. The molecule has 3 N–H and O–H groups in total. The Kier molecular flexibility index (Phi) is 3.36. The average Bonchev–Trinajstić information content (AvgIpc) is 2.87. The molecule has 17 heavy (non-hydrogen) atoms. The molecular weight excluding hydrogens is 218 g/mol. The van der Waals surface area contributed by atoms with Gasteiger partial charge in [-0.25, -0.2) is 0 Å². The lowest BCUT2D eigenvalue weighted by Gasteiger charge is -2.28. The van der Waals surface area contributed by atoms with Crippen LogP contribution in [-0.2, 0) is 9.53 Å². The molecule has 1 aliphatic carbocycles. The zero-order valence-electron chi connectivity index (χ0n) is 10.1. The smallest absolute Gasteiger partial charge is 0.230 e. The number of carbonyl (C=O) groups excluding carboxylic acids is 1. The summed E-state index contributed by atoms with van der Waals surface area (Å²) in [5, 5.41) is 12.0. The molecule has 0 aromatic carbocycles. The molecular formula is C12H19N3O2. The fraction of sp³-hybridized carbons (Fsp3) is 0.833. The highest BCUT2D eigenvalue weighted by Gasteiger charge is 2.45. The van der Waals surface area contributed by atoms with Gasteiger partial charge in [-0.2, -0.15) is 5.26 Å². The molecule has 0 aromatic rings. The summed E-state index contributed by atoms with van der Waals surface area (Å²) in [6.07, 6.45) is 2.76. The minimum Gasteiger partial charge on any atom is -0.379 e. The molecule has 2 fully saturated rings. The van der Waals surface area contributed by atoms with Crippen molar-refractivity contribution in [3.05, 3.63) is 0 Å². The zero-order chi connectivity index (χ0) is 12.5. The number of amides is 1. The topological polar surface area (TPSA) is 88.1 Å². The predicted octanol–water partition coefficient (Wildman–Crippen LogP) is 0.159. The van der Waals surface area contributed by atoms with Crippen molar-refractivity contribution in [3.8, 4) is 6.07 Å². The molecule has 1 aliphatic heterocycles. The summed E-state index contributed by atoms with van der Waals surface area (Å²) in [7, 11) is 0. The van der Waals surface area contributed by atoms with Gasteiger partial charge in [-0.3, -0.25) is 4.79 Å². The van der Waals surface area contributed by atoms with Crippen LogP contribution in [0.4, 0.5) is 0 Å². The van der Waals surface area contributed by atoms with Gasteiger partial charge in [-0.1, -0.05) is 0 Å².